The van der Waals surface area contributed by atoms with Crippen LogP contribution in [0.3, 0.4) is 0 Å². The third-order valence-electron chi connectivity index (χ3n) is 4.67. The van der Waals surface area contributed by atoms with Crippen LogP contribution in [0.1, 0.15) is 17.4 Å². The first-order chi connectivity index (χ1) is 15.5. The lowest BCUT2D eigenvalue weighted by Gasteiger charge is -2.19. The minimum atomic E-state index is -0.439. The maximum atomic E-state index is 12.8. The first-order valence-electron chi connectivity index (χ1n) is 9.66. The number of carbonyl (C=O) groups is 1. The van der Waals surface area contributed by atoms with Crippen molar-refractivity contribution in [1.82, 2.24) is 25.1 Å². The molecule has 0 aliphatic carbocycles. The topological polar surface area (TPSA) is 95.1 Å². The zero-order valence-electron chi connectivity index (χ0n) is 17.4. The number of imidazole rings is 1. The number of thioether (sulfide) groups is 1. The van der Waals surface area contributed by atoms with Gasteiger partial charge in [0, 0.05) is 30.0 Å². The molecular weight excluding hydrogens is 450 g/mol. The van der Waals surface area contributed by atoms with Crippen molar-refractivity contribution in [3.63, 3.8) is 0 Å². The largest absolute Gasteiger partial charge is 0.497 e. The predicted molar refractivity (Wildman–Crippen MR) is 122 cm³/mol. The Morgan fingerprint density at radius 2 is 2.06 bits per heavy atom. The summed E-state index contributed by atoms with van der Waals surface area (Å²) in [6.45, 7) is 0. The molecule has 2 aromatic carbocycles. The first-order valence-corrected chi connectivity index (χ1v) is 11.0. The molecule has 2 aromatic heterocycles. The van der Waals surface area contributed by atoms with Gasteiger partial charge in [-0.1, -0.05) is 35.5 Å². The van der Waals surface area contributed by atoms with Gasteiger partial charge in [-0.3, -0.25) is 4.79 Å². The van der Waals surface area contributed by atoms with Crippen molar-refractivity contribution in [3.8, 4) is 17.2 Å². The number of nitrogens with one attached hydrogen (secondary N) is 1. The van der Waals surface area contributed by atoms with E-state index in [9.17, 15) is 4.79 Å². The predicted octanol–water partition coefficient (Wildman–Crippen LogP) is 4.13. The summed E-state index contributed by atoms with van der Waals surface area (Å²) < 4.78 is 12.9. The lowest BCUT2D eigenvalue weighted by atomic mass is 10.1. The summed E-state index contributed by atoms with van der Waals surface area (Å²) in [5.41, 5.74) is 1.62. The highest BCUT2D eigenvalue weighted by Crippen LogP contribution is 2.26. The molecule has 0 saturated heterocycles. The van der Waals surface area contributed by atoms with Crippen LogP contribution < -0.4 is 10.1 Å². The minimum Gasteiger partial charge on any atom is -0.497 e. The zero-order valence-corrected chi connectivity index (χ0v) is 18.9. The molecule has 32 heavy (non-hydrogen) atoms. The number of ether oxygens (including phenoxy) is 1. The first kappa shape index (κ1) is 21.9. The molecule has 4 aromatic rings. The van der Waals surface area contributed by atoms with E-state index in [1.165, 1.54) is 0 Å². The van der Waals surface area contributed by atoms with E-state index >= 15 is 0 Å². The Morgan fingerprint density at radius 1 is 1.25 bits per heavy atom. The van der Waals surface area contributed by atoms with Crippen LogP contribution in [0.15, 0.2) is 70.6 Å². The number of halogens is 1. The second-order valence-corrected chi connectivity index (χ2v) is 8.21. The molecule has 0 aliphatic heterocycles. The lowest BCUT2D eigenvalue weighted by molar-refractivity contribution is -0.119. The van der Waals surface area contributed by atoms with Crippen LogP contribution in [0, 0.1) is 0 Å². The molecule has 10 heteroatoms. The molecule has 0 radical (unpaired) electrons. The number of benzene rings is 2. The van der Waals surface area contributed by atoms with Crippen LogP contribution in [0.25, 0.3) is 11.5 Å². The second-order valence-electron chi connectivity index (χ2n) is 6.84. The third-order valence-corrected chi connectivity index (χ3v) is 5.74. The van der Waals surface area contributed by atoms with Crippen molar-refractivity contribution in [2.24, 2.45) is 7.05 Å². The number of aryl methyl sites for hydroxylation is 1. The Hall–Kier alpha value is -3.30. The Morgan fingerprint density at radius 3 is 2.78 bits per heavy atom. The van der Waals surface area contributed by atoms with Gasteiger partial charge in [-0.25, -0.2) is 4.98 Å². The highest BCUT2D eigenvalue weighted by Gasteiger charge is 2.22. The fourth-order valence-electron chi connectivity index (χ4n) is 3.08. The molecule has 2 heterocycles. The molecule has 1 N–H and O–H groups in total. The number of nitrogens with zero attached hydrogens (tertiary/aromatic N) is 4. The van der Waals surface area contributed by atoms with Gasteiger partial charge in [-0.2, -0.15) is 0 Å². The number of hydrogen-bond donors (Lipinski definition) is 1. The fourth-order valence-corrected chi connectivity index (χ4v) is 3.78. The van der Waals surface area contributed by atoms with E-state index in [1.807, 2.05) is 42.1 Å². The SMILES string of the molecule is COc1cccc(C(NC(=O)CSc2nnc(-c3ccc(Cl)cc3)o2)c2nccn2C)c1. The molecule has 0 spiro atoms. The van der Waals surface area contributed by atoms with E-state index in [-0.39, 0.29) is 11.7 Å². The van der Waals surface area contributed by atoms with Crippen molar-refractivity contribution in [2.75, 3.05) is 12.9 Å². The second kappa shape index (κ2) is 9.88. The van der Waals surface area contributed by atoms with Crippen LogP contribution in [0.4, 0.5) is 0 Å². The molecule has 4 rings (SSSR count). The third kappa shape index (κ3) is 5.12. The molecule has 0 saturated carbocycles. The van der Waals surface area contributed by atoms with E-state index in [2.05, 4.69) is 20.5 Å². The summed E-state index contributed by atoms with van der Waals surface area (Å²) in [6, 6.07) is 14.2. The number of carbonyl (C=O) groups excluding carboxylic acids is 1. The zero-order chi connectivity index (χ0) is 22.5. The standard InChI is InChI=1S/C22H20ClN5O3S/c1-28-11-10-24-20(28)19(15-4-3-5-17(12-15)30-2)25-18(29)13-32-22-27-26-21(31-22)14-6-8-16(23)9-7-14/h3-12,19H,13H2,1-2H3,(H,25,29). The molecule has 8 nitrogen and oxygen atoms in total. The Balaban J connectivity index is 1.45. The molecule has 0 aliphatic rings. The van der Waals surface area contributed by atoms with Crippen molar-refractivity contribution in [1.29, 1.82) is 0 Å². The molecule has 1 unspecified atom stereocenters. The number of aromatic nitrogens is 4. The molecular formula is C22H20ClN5O3S. The van der Waals surface area contributed by atoms with Gasteiger partial charge < -0.3 is 19.0 Å². The highest BCUT2D eigenvalue weighted by molar-refractivity contribution is 7.99. The molecule has 1 amide bonds. The molecule has 0 bridgehead atoms. The van der Waals surface area contributed by atoms with Crippen molar-refractivity contribution >= 4 is 29.3 Å². The number of hydrogen-bond acceptors (Lipinski definition) is 7. The van der Waals surface area contributed by atoms with Crippen LogP contribution >= 0.6 is 23.4 Å². The van der Waals surface area contributed by atoms with Crippen LogP contribution in [-0.4, -0.2) is 38.5 Å². The average molecular weight is 470 g/mol. The van der Waals surface area contributed by atoms with Gasteiger partial charge in [0.1, 0.15) is 17.6 Å². The van der Waals surface area contributed by atoms with Crippen molar-refractivity contribution < 1.29 is 13.9 Å². The summed E-state index contributed by atoms with van der Waals surface area (Å²) in [6.07, 6.45) is 3.53. The molecule has 1 atom stereocenters. The quantitative estimate of drug-likeness (QED) is 0.387. The lowest BCUT2D eigenvalue weighted by Crippen LogP contribution is -2.32. The van der Waals surface area contributed by atoms with Crippen LogP contribution in [0.2, 0.25) is 5.02 Å². The number of methoxy groups -OCH3 is 1. The maximum absolute atomic E-state index is 12.8. The Kier molecular flexibility index (Phi) is 6.77. The van der Waals surface area contributed by atoms with E-state index in [0.717, 1.165) is 22.9 Å². The van der Waals surface area contributed by atoms with Crippen LogP contribution in [0.5, 0.6) is 5.75 Å². The summed E-state index contributed by atoms with van der Waals surface area (Å²) in [4.78, 5) is 17.2. The highest BCUT2D eigenvalue weighted by atomic mass is 35.5. The van der Waals surface area contributed by atoms with Crippen molar-refractivity contribution in [2.45, 2.75) is 11.3 Å². The molecule has 0 fully saturated rings. The van der Waals surface area contributed by atoms with Crippen LogP contribution in [-0.2, 0) is 11.8 Å². The van der Waals surface area contributed by atoms with Gasteiger partial charge >= 0.3 is 0 Å². The summed E-state index contributed by atoms with van der Waals surface area (Å²) >= 11 is 7.07. The minimum absolute atomic E-state index is 0.104. The van der Waals surface area contributed by atoms with E-state index in [0.29, 0.717) is 27.7 Å². The van der Waals surface area contributed by atoms with Gasteiger partial charge in [-0.15, -0.1) is 10.2 Å². The monoisotopic (exact) mass is 469 g/mol. The molecule has 164 valence electrons. The van der Waals surface area contributed by atoms with E-state index in [4.69, 9.17) is 20.8 Å². The average Bonchev–Trinajstić information content (AvgIpc) is 3.46. The van der Waals surface area contributed by atoms with Gasteiger partial charge in [0.15, 0.2) is 0 Å². The summed E-state index contributed by atoms with van der Waals surface area (Å²) in [7, 11) is 3.49. The Labute approximate surface area is 194 Å². The fraction of sp³-hybridized carbons (Fsp3) is 0.182. The summed E-state index contributed by atoms with van der Waals surface area (Å²) in [5.74, 6) is 1.68. The van der Waals surface area contributed by atoms with E-state index in [1.54, 1.807) is 37.6 Å². The van der Waals surface area contributed by atoms with Gasteiger partial charge in [-0.05, 0) is 42.0 Å². The maximum Gasteiger partial charge on any atom is 0.277 e. The van der Waals surface area contributed by atoms with E-state index < -0.39 is 6.04 Å². The number of amides is 1. The van der Waals surface area contributed by atoms with Crippen molar-refractivity contribution in [3.05, 3.63) is 77.3 Å². The summed E-state index contributed by atoms with van der Waals surface area (Å²) in [5, 5.41) is 12.0. The van der Waals surface area contributed by atoms with Gasteiger partial charge in [0.2, 0.25) is 11.8 Å². The number of rotatable bonds is 8. The smallest absolute Gasteiger partial charge is 0.277 e. The van der Waals surface area contributed by atoms with Gasteiger partial charge in [0.05, 0.1) is 12.9 Å². The normalized spacial score (nSPS) is 11.8. The Bertz CT molecular complexity index is 1210. The van der Waals surface area contributed by atoms with Gasteiger partial charge in [0.25, 0.3) is 5.22 Å².